The molecule has 0 aliphatic rings. The summed E-state index contributed by atoms with van der Waals surface area (Å²) < 4.78 is 9.51. The standard InChI is InChI=1S/C15H18O4/c1-5-12(11-9-7-6-8-10-11)15(2,13(16)18-3)14(17)19-4/h5-10,12H,1H2,2-4H3. The van der Waals surface area contributed by atoms with Crippen LogP contribution in [0.1, 0.15) is 18.4 Å². The van der Waals surface area contributed by atoms with Gasteiger partial charge in [0, 0.05) is 5.92 Å². The zero-order valence-electron chi connectivity index (χ0n) is 11.4. The molecule has 1 atom stereocenters. The molecule has 1 aromatic rings. The molecule has 0 saturated heterocycles. The monoisotopic (exact) mass is 262 g/mol. The molecular formula is C15H18O4. The molecule has 0 amide bonds. The number of carbonyl (C=O) groups is 2. The van der Waals surface area contributed by atoms with Crippen molar-refractivity contribution < 1.29 is 19.1 Å². The Labute approximate surface area is 113 Å². The van der Waals surface area contributed by atoms with Gasteiger partial charge in [0.25, 0.3) is 0 Å². The molecule has 4 nitrogen and oxygen atoms in total. The van der Waals surface area contributed by atoms with Gasteiger partial charge in [-0.2, -0.15) is 0 Å². The molecule has 0 radical (unpaired) electrons. The zero-order chi connectivity index (χ0) is 14.5. The molecule has 0 heterocycles. The maximum absolute atomic E-state index is 12.0. The number of esters is 2. The van der Waals surface area contributed by atoms with E-state index in [0.29, 0.717) is 0 Å². The van der Waals surface area contributed by atoms with Gasteiger partial charge in [-0.1, -0.05) is 36.4 Å². The Morgan fingerprint density at radius 1 is 1.16 bits per heavy atom. The van der Waals surface area contributed by atoms with Crippen molar-refractivity contribution in [2.75, 3.05) is 14.2 Å². The Morgan fingerprint density at radius 3 is 2.00 bits per heavy atom. The molecule has 1 rings (SSSR count). The molecule has 0 bridgehead atoms. The van der Waals surface area contributed by atoms with E-state index in [2.05, 4.69) is 6.58 Å². The van der Waals surface area contributed by atoms with Crippen LogP contribution in [0.2, 0.25) is 0 Å². The summed E-state index contributed by atoms with van der Waals surface area (Å²) in [4.78, 5) is 24.1. The fourth-order valence-electron chi connectivity index (χ4n) is 2.13. The largest absolute Gasteiger partial charge is 0.468 e. The maximum Gasteiger partial charge on any atom is 0.323 e. The summed E-state index contributed by atoms with van der Waals surface area (Å²) in [6.07, 6.45) is 1.56. The van der Waals surface area contributed by atoms with E-state index < -0.39 is 23.3 Å². The lowest BCUT2D eigenvalue weighted by Crippen LogP contribution is -2.43. The van der Waals surface area contributed by atoms with E-state index in [-0.39, 0.29) is 0 Å². The lowest BCUT2D eigenvalue weighted by Gasteiger charge is -2.30. The topological polar surface area (TPSA) is 52.6 Å². The van der Waals surface area contributed by atoms with Gasteiger partial charge in [-0.25, -0.2) is 0 Å². The van der Waals surface area contributed by atoms with Crippen molar-refractivity contribution in [2.24, 2.45) is 5.41 Å². The quantitative estimate of drug-likeness (QED) is 0.464. The second-order valence-electron chi connectivity index (χ2n) is 4.31. The number of hydrogen-bond acceptors (Lipinski definition) is 4. The average Bonchev–Trinajstić information content (AvgIpc) is 2.46. The lowest BCUT2D eigenvalue weighted by molar-refractivity contribution is -0.168. The summed E-state index contributed by atoms with van der Waals surface area (Å²) in [6, 6.07) is 9.19. The van der Waals surface area contributed by atoms with Crippen LogP contribution in [-0.2, 0) is 19.1 Å². The second kappa shape index (κ2) is 6.18. The predicted octanol–water partition coefficient (Wildman–Crippen LogP) is 2.31. The number of hydrogen-bond donors (Lipinski definition) is 0. The molecule has 0 saturated carbocycles. The summed E-state index contributed by atoms with van der Waals surface area (Å²) in [5.41, 5.74) is -0.650. The van der Waals surface area contributed by atoms with Crippen LogP contribution in [0.4, 0.5) is 0 Å². The first-order chi connectivity index (χ1) is 9.02. The van der Waals surface area contributed by atoms with Crippen molar-refractivity contribution in [1.29, 1.82) is 0 Å². The summed E-state index contributed by atoms with van der Waals surface area (Å²) in [5.74, 6) is -1.81. The second-order valence-corrected chi connectivity index (χ2v) is 4.31. The molecule has 1 aromatic carbocycles. The Bertz CT molecular complexity index is 448. The Kier molecular flexibility index (Phi) is 4.87. The lowest BCUT2D eigenvalue weighted by atomic mass is 9.73. The Morgan fingerprint density at radius 2 is 1.63 bits per heavy atom. The first kappa shape index (κ1) is 15.0. The van der Waals surface area contributed by atoms with Gasteiger partial charge in [0.05, 0.1) is 14.2 Å². The van der Waals surface area contributed by atoms with Crippen molar-refractivity contribution in [1.82, 2.24) is 0 Å². The third kappa shape index (κ3) is 2.67. The van der Waals surface area contributed by atoms with Crippen LogP contribution in [0.15, 0.2) is 43.0 Å². The van der Waals surface area contributed by atoms with Crippen molar-refractivity contribution in [3.63, 3.8) is 0 Å². The number of rotatable bonds is 5. The van der Waals surface area contributed by atoms with E-state index >= 15 is 0 Å². The van der Waals surface area contributed by atoms with Gasteiger partial charge in [-0.15, -0.1) is 6.58 Å². The molecular weight excluding hydrogens is 244 g/mol. The summed E-state index contributed by atoms with van der Waals surface area (Å²) in [5, 5.41) is 0. The molecule has 0 N–H and O–H groups in total. The molecule has 102 valence electrons. The van der Waals surface area contributed by atoms with E-state index in [1.807, 2.05) is 30.3 Å². The van der Waals surface area contributed by atoms with E-state index in [9.17, 15) is 9.59 Å². The highest BCUT2D eigenvalue weighted by molar-refractivity contribution is 6.01. The van der Waals surface area contributed by atoms with Crippen LogP contribution in [0.5, 0.6) is 0 Å². The van der Waals surface area contributed by atoms with Crippen LogP contribution in [0.25, 0.3) is 0 Å². The molecule has 0 fully saturated rings. The summed E-state index contributed by atoms with van der Waals surface area (Å²) in [6.45, 7) is 5.23. The van der Waals surface area contributed by atoms with E-state index in [4.69, 9.17) is 9.47 Å². The van der Waals surface area contributed by atoms with E-state index in [1.165, 1.54) is 21.1 Å². The number of ether oxygens (including phenoxy) is 2. The zero-order valence-corrected chi connectivity index (χ0v) is 11.4. The van der Waals surface area contributed by atoms with Gasteiger partial charge in [0.2, 0.25) is 0 Å². The molecule has 0 aromatic heterocycles. The maximum atomic E-state index is 12.0. The van der Waals surface area contributed by atoms with Gasteiger partial charge >= 0.3 is 11.9 Å². The molecule has 0 aliphatic carbocycles. The van der Waals surface area contributed by atoms with Crippen molar-refractivity contribution >= 4 is 11.9 Å². The SMILES string of the molecule is C=CC(c1ccccc1)C(C)(C(=O)OC)C(=O)OC. The average molecular weight is 262 g/mol. The van der Waals surface area contributed by atoms with Gasteiger partial charge in [-0.3, -0.25) is 9.59 Å². The minimum Gasteiger partial charge on any atom is -0.468 e. The fraction of sp³-hybridized carbons (Fsp3) is 0.333. The van der Waals surface area contributed by atoms with Crippen LogP contribution in [0, 0.1) is 5.41 Å². The highest BCUT2D eigenvalue weighted by Gasteiger charge is 2.49. The predicted molar refractivity (Wildman–Crippen MR) is 71.5 cm³/mol. The van der Waals surface area contributed by atoms with E-state index in [0.717, 1.165) is 5.56 Å². The fourth-order valence-corrected chi connectivity index (χ4v) is 2.13. The Balaban J connectivity index is 3.34. The minimum absolute atomic E-state index is 0.520. The third-order valence-corrected chi connectivity index (χ3v) is 3.24. The van der Waals surface area contributed by atoms with Crippen LogP contribution in [-0.4, -0.2) is 26.2 Å². The van der Waals surface area contributed by atoms with Crippen molar-refractivity contribution in [2.45, 2.75) is 12.8 Å². The van der Waals surface area contributed by atoms with Gasteiger partial charge in [-0.05, 0) is 12.5 Å². The summed E-state index contributed by atoms with van der Waals surface area (Å²) in [7, 11) is 2.49. The summed E-state index contributed by atoms with van der Waals surface area (Å²) >= 11 is 0. The number of carbonyl (C=O) groups excluding carboxylic acids is 2. The van der Waals surface area contributed by atoms with Gasteiger partial charge < -0.3 is 9.47 Å². The molecule has 1 unspecified atom stereocenters. The molecule has 0 aliphatic heterocycles. The molecule has 0 spiro atoms. The smallest absolute Gasteiger partial charge is 0.323 e. The third-order valence-electron chi connectivity index (χ3n) is 3.24. The van der Waals surface area contributed by atoms with Crippen LogP contribution in [0.3, 0.4) is 0 Å². The normalized spacial score (nSPS) is 12.4. The molecule has 19 heavy (non-hydrogen) atoms. The number of benzene rings is 1. The number of allylic oxidation sites excluding steroid dienone is 1. The minimum atomic E-state index is -1.45. The van der Waals surface area contributed by atoms with Gasteiger partial charge in [0.1, 0.15) is 0 Å². The molecule has 4 heteroatoms. The Hall–Kier alpha value is -2.10. The van der Waals surface area contributed by atoms with Gasteiger partial charge in [0.15, 0.2) is 5.41 Å². The first-order valence-corrected chi connectivity index (χ1v) is 5.86. The highest BCUT2D eigenvalue weighted by atomic mass is 16.5. The first-order valence-electron chi connectivity index (χ1n) is 5.86. The van der Waals surface area contributed by atoms with Crippen molar-refractivity contribution in [3.8, 4) is 0 Å². The van der Waals surface area contributed by atoms with Crippen LogP contribution < -0.4 is 0 Å². The van der Waals surface area contributed by atoms with E-state index in [1.54, 1.807) is 6.08 Å². The highest BCUT2D eigenvalue weighted by Crippen LogP contribution is 2.39. The number of methoxy groups -OCH3 is 2. The van der Waals surface area contributed by atoms with Crippen LogP contribution >= 0.6 is 0 Å². The van der Waals surface area contributed by atoms with Crippen molar-refractivity contribution in [3.05, 3.63) is 48.6 Å².